The number of hydrogen-bond acceptors (Lipinski definition) is 3. The predicted octanol–water partition coefficient (Wildman–Crippen LogP) is 3.01. The van der Waals surface area contributed by atoms with Gasteiger partial charge in [-0.2, -0.15) is 0 Å². The third-order valence-electron chi connectivity index (χ3n) is 3.30. The van der Waals surface area contributed by atoms with Crippen LogP contribution in [0.1, 0.15) is 11.1 Å². The van der Waals surface area contributed by atoms with Gasteiger partial charge >= 0.3 is 0 Å². The molecule has 0 aromatic heterocycles. The maximum Gasteiger partial charge on any atom is 0.241 e. The molecule has 0 radical (unpaired) electrons. The summed E-state index contributed by atoms with van der Waals surface area (Å²) in [5.74, 6) is -1.07. The zero-order chi connectivity index (χ0) is 17.9. The molecule has 1 amide bonds. The second-order valence-electron chi connectivity index (χ2n) is 5.25. The summed E-state index contributed by atoms with van der Waals surface area (Å²) in [7, 11) is -3.91. The highest BCUT2D eigenvalue weighted by atomic mass is 35.5. The van der Waals surface area contributed by atoms with Crippen molar-refractivity contribution >= 4 is 33.2 Å². The van der Waals surface area contributed by atoms with E-state index in [0.29, 0.717) is 10.7 Å². The van der Waals surface area contributed by atoms with Crippen LogP contribution in [0.15, 0.2) is 41.3 Å². The van der Waals surface area contributed by atoms with Gasteiger partial charge in [-0.15, -0.1) is 0 Å². The lowest BCUT2D eigenvalue weighted by molar-refractivity contribution is -0.115. The average molecular weight is 371 g/mol. The number of rotatable bonds is 5. The number of aryl methyl sites for hydroxylation is 2. The molecule has 0 aliphatic heterocycles. The first kappa shape index (κ1) is 18.4. The Bertz CT molecular complexity index is 885. The fraction of sp³-hybridized carbons (Fsp3) is 0.188. The van der Waals surface area contributed by atoms with Crippen LogP contribution in [0, 0.1) is 19.7 Å². The van der Waals surface area contributed by atoms with Gasteiger partial charge in [0.1, 0.15) is 5.82 Å². The Morgan fingerprint density at radius 1 is 1.12 bits per heavy atom. The van der Waals surface area contributed by atoms with E-state index in [9.17, 15) is 17.6 Å². The second kappa shape index (κ2) is 7.29. The van der Waals surface area contributed by atoms with Gasteiger partial charge in [-0.25, -0.2) is 17.5 Å². The van der Waals surface area contributed by atoms with Crippen LogP contribution < -0.4 is 10.0 Å². The first-order valence-electron chi connectivity index (χ1n) is 7.01. The summed E-state index contributed by atoms with van der Waals surface area (Å²) in [5.41, 5.74) is 1.59. The Kier molecular flexibility index (Phi) is 5.58. The van der Waals surface area contributed by atoms with Gasteiger partial charge in [0.25, 0.3) is 0 Å². The molecule has 0 aliphatic rings. The van der Waals surface area contributed by atoms with E-state index in [-0.39, 0.29) is 10.5 Å². The number of carbonyl (C=O) groups excluding carboxylic acids is 1. The molecular weight excluding hydrogens is 355 g/mol. The molecule has 0 atom stereocenters. The fourth-order valence-electron chi connectivity index (χ4n) is 2.03. The number of amides is 1. The summed E-state index contributed by atoms with van der Waals surface area (Å²) in [4.78, 5) is 11.8. The number of anilines is 1. The number of benzene rings is 2. The van der Waals surface area contributed by atoms with Crippen molar-refractivity contribution in [3.8, 4) is 0 Å². The van der Waals surface area contributed by atoms with E-state index in [2.05, 4.69) is 10.0 Å². The minimum atomic E-state index is -3.91. The fourth-order valence-corrected chi connectivity index (χ4v) is 3.42. The van der Waals surface area contributed by atoms with E-state index >= 15 is 0 Å². The van der Waals surface area contributed by atoms with E-state index in [0.717, 1.165) is 23.8 Å². The lowest BCUT2D eigenvalue weighted by Crippen LogP contribution is -2.33. The van der Waals surface area contributed by atoms with Gasteiger partial charge in [-0.1, -0.05) is 17.7 Å². The van der Waals surface area contributed by atoms with Crippen molar-refractivity contribution < 1.29 is 17.6 Å². The monoisotopic (exact) mass is 370 g/mol. The highest BCUT2D eigenvalue weighted by Crippen LogP contribution is 2.20. The summed E-state index contributed by atoms with van der Waals surface area (Å²) in [6.07, 6.45) is 0. The minimum Gasteiger partial charge on any atom is -0.325 e. The summed E-state index contributed by atoms with van der Waals surface area (Å²) in [6, 6.07) is 8.30. The number of halogens is 2. The maximum absolute atomic E-state index is 13.1. The first-order chi connectivity index (χ1) is 11.2. The highest BCUT2D eigenvalue weighted by Gasteiger charge is 2.18. The van der Waals surface area contributed by atoms with Crippen LogP contribution in [0.25, 0.3) is 0 Å². The quantitative estimate of drug-likeness (QED) is 0.849. The summed E-state index contributed by atoms with van der Waals surface area (Å²) < 4.78 is 39.6. The summed E-state index contributed by atoms with van der Waals surface area (Å²) in [5, 5.41) is 3.04. The zero-order valence-electron chi connectivity index (χ0n) is 13.1. The number of carbonyl (C=O) groups is 1. The molecule has 2 rings (SSSR count). The molecule has 2 aromatic rings. The van der Waals surface area contributed by atoms with E-state index in [1.807, 2.05) is 6.92 Å². The van der Waals surface area contributed by atoms with Crippen LogP contribution in [-0.4, -0.2) is 20.9 Å². The predicted molar refractivity (Wildman–Crippen MR) is 91.1 cm³/mol. The summed E-state index contributed by atoms with van der Waals surface area (Å²) in [6.45, 7) is 2.85. The molecule has 0 aliphatic carbocycles. The first-order valence-corrected chi connectivity index (χ1v) is 8.87. The molecule has 5 nitrogen and oxygen atoms in total. The van der Waals surface area contributed by atoms with Crippen LogP contribution in [-0.2, 0) is 14.8 Å². The Morgan fingerprint density at radius 2 is 1.83 bits per heavy atom. The van der Waals surface area contributed by atoms with Crippen molar-refractivity contribution in [1.82, 2.24) is 4.72 Å². The second-order valence-corrected chi connectivity index (χ2v) is 7.39. The van der Waals surface area contributed by atoms with Gasteiger partial charge in [0, 0.05) is 10.7 Å². The molecule has 24 heavy (non-hydrogen) atoms. The van der Waals surface area contributed by atoms with Crippen LogP contribution in [0.2, 0.25) is 5.02 Å². The van der Waals surface area contributed by atoms with E-state index in [4.69, 9.17) is 11.6 Å². The highest BCUT2D eigenvalue weighted by molar-refractivity contribution is 7.89. The maximum atomic E-state index is 13.1. The van der Waals surface area contributed by atoms with E-state index in [1.54, 1.807) is 18.2 Å². The number of sulfonamides is 1. The van der Waals surface area contributed by atoms with Crippen LogP contribution in [0.5, 0.6) is 0 Å². The van der Waals surface area contributed by atoms with Crippen molar-refractivity contribution in [2.45, 2.75) is 18.7 Å². The van der Waals surface area contributed by atoms with Crippen LogP contribution in [0.3, 0.4) is 0 Å². The van der Waals surface area contributed by atoms with Crippen molar-refractivity contribution in [2.75, 3.05) is 11.9 Å². The minimum absolute atomic E-state index is 0.0740. The Morgan fingerprint density at radius 3 is 2.46 bits per heavy atom. The molecular formula is C16H16ClFN2O3S. The molecule has 0 saturated heterocycles. The van der Waals surface area contributed by atoms with Crippen LogP contribution >= 0.6 is 11.6 Å². The van der Waals surface area contributed by atoms with E-state index in [1.165, 1.54) is 6.92 Å². The molecule has 0 fully saturated rings. The van der Waals surface area contributed by atoms with Crippen molar-refractivity contribution in [1.29, 1.82) is 0 Å². The topological polar surface area (TPSA) is 75.3 Å². The Balaban J connectivity index is 2.03. The molecule has 128 valence electrons. The third kappa shape index (κ3) is 4.53. The van der Waals surface area contributed by atoms with Crippen LogP contribution in [0.4, 0.5) is 10.1 Å². The molecule has 2 N–H and O–H groups in total. The Hall–Kier alpha value is -1.96. The number of nitrogens with one attached hydrogen (secondary N) is 2. The average Bonchev–Trinajstić information content (AvgIpc) is 2.49. The Labute approximate surface area is 144 Å². The van der Waals surface area contributed by atoms with Crippen molar-refractivity contribution in [3.05, 3.63) is 58.4 Å². The number of hydrogen-bond donors (Lipinski definition) is 2. The standard InChI is InChI=1S/C16H16ClFN2O3S/c1-10-3-5-13(8-14(10)17)20-16(21)9-19-24(22,23)15-6-4-12(18)7-11(15)2/h3-8,19H,9H2,1-2H3,(H,20,21). The van der Waals surface area contributed by atoms with Gasteiger partial charge in [0.05, 0.1) is 11.4 Å². The molecule has 0 unspecified atom stereocenters. The molecule has 8 heteroatoms. The smallest absolute Gasteiger partial charge is 0.241 e. The van der Waals surface area contributed by atoms with E-state index < -0.39 is 28.3 Å². The van der Waals surface area contributed by atoms with Gasteiger partial charge in [-0.3, -0.25) is 4.79 Å². The normalized spacial score (nSPS) is 11.3. The van der Waals surface area contributed by atoms with Gasteiger partial charge < -0.3 is 5.32 Å². The molecule has 0 bridgehead atoms. The largest absolute Gasteiger partial charge is 0.325 e. The lowest BCUT2D eigenvalue weighted by Gasteiger charge is -2.10. The SMILES string of the molecule is Cc1ccc(NC(=O)CNS(=O)(=O)c2ccc(F)cc2C)cc1Cl. The van der Waals surface area contributed by atoms with Gasteiger partial charge in [-0.05, 0) is 55.3 Å². The molecule has 0 saturated carbocycles. The summed E-state index contributed by atoms with van der Waals surface area (Å²) >= 11 is 5.96. The lowest BCUT2D eigenvalue weighted by atomic mass is 10.2. The molecule has 0 heterocycles. The molecule has 0 spiro atoms. The third-order valence-corrected chi connectivity index (χ3v) is 5.27. The van der Waals surface area contributed by atoms with Crippen molar-refractivity contribution in [2.24, 2.45) is 0 Å². The zero-order valence-corrected chi connectivity index (χ0v) is 14.6. The van der Waals surface area contributed by atoms with Crippen molar-refractivity contribution in [3.63, 3.8) is 0 Å². The van der Waals surface area contributed by atoms with Gasteiger partial charge in [0.15, 0.2) is 0 Å². The molecule has 2 aromatic carbocycles. The van der Waals surface area contributed by atoms with Gasteiger partial charge in [0.2, 0.25) is 15.9 Å².